The van der Waals surface area contributed by atoms with Crippen molar-refractivity contribution in [1.29, 1.82) is 0 Å². The number of H-pyrrole nitrogens is 1. The van der Waals surface area contributed by atoms with E-state index in [-0.39, 0.29) is 5.56 Å². The SMILES string of the molecule is CCc1cc(=O)[nH]c(CN2CCC[C@@H]2c2nc3c(n2C)CCCC3)n1. The standard InChI is InChI=1S/C19H27N5O/c1-3-13-11-18(25)22-17(20-13)12-24-10-6-9-16(24)19-21-14-7-4-5-8-15(14)23(19)2/h11,16H,3-10,12H2,1-2H3,(H,20,22,25)/t16-/m1/s1. The van der Waals surface area contributed by atoms with Crippen LogP contribution < -0.4 is 5.56 Å². The van der Waals surface area contributed by atoms with Gasteiger partial charge in [-0.05, 0) is 51.5 Å². The van der Waals surface area contributed by atoms with Crippen molar-refractivity contribution in [2.24, 2.45) is 7.05 Å². The highest BCUT2D eigenvalue weighted by atomic mass is 16.1. The van der Waals surface area contributed by atoms with Crippen LogP contribution in [-0.2, 0) is 32.9 Å². The summed E-state index contributed by atoms with van der Waals surface area (Å²) in [4.78, 5) is 26.8. The Morgan fingerprint density at radius 1 is 1.24 bits per heavy atom. The topological polar surface area (TPSA) is 66.8 Å². The van der Waals surface area contributed by atoms with Crippen LogP contribution in [0.25, 0.3) is 0 Å². The molecule has 2 aromatic heterocycles. The van der Waals surface area contributed by atoms with E-state index in [1.807, 2.05) is 6.92 Å². The summed E-state index contributed by atoms with van der Waals surface area (Å²) in [6.07, 6.45) is 7.87. The average molecular weight is 341 g/mol. The second-order valence-corrected chi connectivity index (χ2v) is 7.29. The second kappa shape index (κ2) is 6.75. The number of hydrogen-bond acceptors (Lipinski definition) is 4. The van der Waals surface area contributed by atoms with Gasteiger partial charge in [0.1, 0.15) is 11.6 Å². The lowest BCUT2D eigenvalue weighted by Crippen LogP contribution is -2.27. The molecule has 6 nitrogen and oxygen atoms in total. The summed E-state index contributed by atoms with van der Waals surface area (Å²) in [5.41, 5.74) is 3.54. The van der Waals surface area contributed by atoms with E-state index in [2.05, 4.69) is 26.5 Å². The van der Waals surface area contributed by atoms with Gasteiger partial charge in [0.05, 0.1) is 18.3 Å². The average Bonchev–Trinajstić information content (AvgIpc) is 3.19. The molecule has 2 aliphatic rings. The maximum atomic E-state index is 11.9. The molecule has 2 aromatic rings. The van der Waals surface area contributed by atoms with Gasteiger partial charge >= 0.3 is 0 Å². The van der Waals surface area contributed by atoms with Crippen LogP contribution in [0.3, 0.4) is 0 Å². The first-order chi connectivity index (χ1) is 12.2. The highest BCUT2D eigenvalue weighted by Crippen LogP contribution is 2.34. The smallest absolute Gasteiger partial charge is 0.251 e. The molecule has 6 heteroatoms. The normalized spacial score (nSPS) is 20.8. The minimum absolute atomic E-state index is 0.0509. The largest absolute Gasteiger partial charge is 0.334 e. The molecule has 0 unspecified atom stereocenters. The fraction of sp³-hybridized carbons (Fsp3) is 0.632. The number of aryl methyl sites for hydroxylation is 2. The molecule has 1 aliphatic carbocycles. The Hall–Kier alpha value is -1.95. The van der Waals surface area contributed by atoms with Gasteiger partial charge in [-0.2, -0.15) is 0 Å². The van der Waals surface area contributed by atoms with Crippen molar-refractivity contribution in [2.45, 2.75) is 64.5 Å². The Labute approximate surface area is 148 Å². The summed E-state index contributed by atoms with van der Waals surface area (Å²) < 4.78 is 2.33. The van der Waals surface area contributed by atoms with Crippen LogP contribution in [0.2, 0.25) is 0 Å². The number of fused-ring (bicyclic) bond motifs is 1. The predicted molar refractivity (Wildman–Crippen MR) is 96.5 cm³/mol. The summed E-state index contributed by atoms with van der Waals surface area (Å²) in [5, 5.41) is 0. The Kier molecular flexibility index (Phi) is 4.46. The number of aromatic amines is 1. The molecule has 0 bridgehead atoms. The van der Waals surface area contributed by atoms with E-state index in [9.17, 15) is 4.79 Å². The van der Waals surface area contributed by atoms with Crippen LogP contribution in [0, 0.1) is 0 Å². The molecule has 0 spiro atoms. The summed E-state index contributed by atoms with van der Waals surface area (Å²) in [5.74, 6) is 1.97. The molecule has 1 atom stereocenters. The zero-order valence-corrected chi connectivity index (χ0v) is 15.2. The quantitative estimate of drug-likeness (QED) is 0.926. The molecule has 1 saturated heterocycles. The summed E-state index contributed by atoms with van der Waals surface area (Å²) in [6, 6.07) is 1.92. The first-order valence-electron chi connectivity index (χ1n) is 9.53. The Morgan fingerprint density at radius 2 is 2.08 bits per heavy atom. The van der Waals surface area contributed by atoms with Crippen LogP contribution in [0.15, 0.2) is 10.9 Å². The molecule has 3 heterocycles. The third kappa shape index (κ3) is 3.15. The van der Waals surface area contributed by atoms with E-state index < -0.39 is 0 Å². The van der Waals surface area contributed by atoms with Gasteiger partial charge in [0, 0.05) is 24.5 Å². The molecule has 1 aliphatic heterocycles. The third-order valence-electron chi connectivity index (χ3n) is 5.63. The molecule has 0 aromatic carbocycles. The van der Waals surface area contributed by atoms with Crippen molar-refractivity contribution >= 4 is 0 Å². The van der Waals surface area contributed by atoms with Gasteiger partial charge < -0.3 is 9.55 Å². The van der Waals surface area contributed by atoms with Crippen LogP contribution >= 0.6 is 0 Å². The number of rotatable bonds is 4. The van der Waals surface area contributed by atoms with Crippen molar-refractivity contribution in [3.05, 3.63) is 45.2 Å². The lowest BCUT2D eigenvalue weighted by atomic mass is 10.0. The molecule has 0 amide bonds. The maximum Gasteiger partial charge on any atom is 0.251 e. The molecule has 0 radical (unpaired) electrons. The van der Waals surface area contributed by atoms with Gasteiger partial charge in [0.15, 0.2) is 0 Å². The Balaban J connectivity index is 1.60. The predicted octanol–water partition coefficient (Wildman–Crippen LogP) is 2.28. The van der Waals surface area contributed by atoms with E-state index in [1.54, 1.807) is 6.07 Å². The van der Waals surface area contributed by atoms with E-state index in [0.717, 1.165) is 43.7 Å². The van der Waals surface area contributed by atoms with Crippen molar-refractivity contribution < 1.29 is 0 Å². The van der Waals surface area contributed by atoms with Gasteiger partial charge in [-0.25, -0.2) is 9.97 Å². The van der Waals surface area contributed by atoms with Crippen LogP contribution in [-0.4, -0.2) is 31.0 Å². The molecule has 1 fully saturated rings. The van der Waals surface area contributed by atoms with E-state index in [0.29, 0.717) is 12.6 Å². The van der Waals surface area contributed by atoms with Crippen molar-refractivity contribution in [3.63, 3.8) is 0 Å². The summed E-state index contributed by atoms with van der Waals surface area (Å²) >= 11 is 0. The Morgan fingerprint density at radius 3 is 2.88 bits per heavy atom. The first-order valence-corrected chi connectivity index (χ1v) is 9.53. The lowest BCUT2D eigenvalue weighted by molar-refractivity contribution is 0.230. The fourth-order valence-electron chi connectivity index (χ4n) is 4.32. The molecule has 25 heavy (non-hydrogen) atoms. The van der Waals surface area contributed by atoms with E-state index in [4.69, 9.17) is 4.98 Å². The lowest BCUT2D eigenvalue weighted by Gasteiger charge is -2.24. The third-order valence-corrected chi connectivity index (χ3v) is 5.63. The fourth-order valence-corrected chi connectivity index (χ4v) is 4.32. The van der Waals surface area contributed by atoms with Crippen LogP contribution in [0.4, 0.5) is 0 Å². The molecular formula is C19H27N5O. The van der Waals surface area contributed by atoms with Gasteiger partial charge in [-0.1, -0.05) is 6.92 Å². The van der Waals surface area contributed by atoms with Crippen molar-refractivity contribution in [2.75, 3.05) is 6.54 Å². The minimum Gasteiger partial charge on any atom is -0.334 e. The first kappa shape index (κ1) is 16.5. The van der Waals surface area contributed by atoms with E-state index >= 15 is 0 Å². The number of likely N-dealkylation sites (tertiary alicyclic amines) is 1. The monoisotopic (exact) mass is 341 g/mol. The van der Waals surface area contributed by atoms with Crippen LogP contribution in [0.1, 0.15) is 67.4 Å². The van der Waals surface area contributed by atoms with Gasteiger partial charge in [0.2, 0.25) is 0 Å². The van der Waals surface area contributed by atoms with Gasteiger partial charge in [-0.15, -0.1) is 0 Å². The molecule has 1 N–H and O–H groups in total. The zero-order chi connectivity index (χ0) is 17.4. The number of nitrogens with zero attached hydrogens (tertiary/aromatic N) is 4. The number of aromatic nitrogens is 4. The van der Waals surface area contributed by atoms with Crippen molar-refractivity contribution in [1.82, 2.24) is 24.4 Å². The summed E-state index contributed by atoms with van der Waals surface area (Å²) in [7, 11) is 2.17. The van der Waals surface area contributed by atoms with Gasteiger partial charge in [0.25, 0.3) is 5.56 Å². The van der Waals surface area contributed by atoms with E-state index in [1.165, 1.54) is 36.5 Å². The molecular weight excluding hydrogens is 314 g/mol. The zero-order valence-electron chi connectivity index (χ0n) is 15.2. The second-order valence-electron chi connectivity index (χ2n) is 7.29. The molecule has 134 valence electrons. The molecule has 4 rings (SSSR count). The van der Waals surface area contributed by atoms with Crippen molar-refractivity contribution in [3.8, 4) is 0 Å². The highest BCUT2D eigenvalue weighted by Gasteiger charge is 2.31. The highest BCUT2D eigenvalue weighted by molar-refractivity contribution is 5.22. The summed E-state index contributed by atoms with van der Waals surface area (Å²) in [6.45, 7) is 3.75. The maximum absolute atomic E-state index is 11.9. The van der Waals surface area contributed by atoms with Gasteiger partial charge in [-0.3, -0.25) is 9.69 Å². The van der Waals surface area contributed by atoms with Crippen LogP contribution in [0.5, 0.6) is 0 Å². The number of nitrogens with one attached hydrogen (secondary N) is 1. The molecule has 0 saturated carbocycles. The minimum atomic E-state index is -0.0509. The Bertz CT molecular complexity index is 822. The number of imidazole rings is 1. The number of hydrogen-bond donors (Lipinski definition) is 1.